The molecule has 2 rings (SSSR count). The highest BCUT2D eigenvalue weighted by Gasteiger charge is 2.43. The second kappa shape index (κ2) is 8.33. The summed E-state index contributed by atoms with van der Waals surface area (Å²) in [7, 11) is 0. The molecule has 1 aliphatic heterocycles. The summed E-state index contributed by atoms with van der Waals surface area (Å²) >= 11 is 0. The first-order chi connectivity index (χ1) is 10.9. The van der Waals surface area contributed by atoms with Gasteiger partial charge in [-0.15, -0.1) is 0 Å². The van der Waals surface area contributed by atoms with E-state index in [0.29, 0.717) is 44.4 Å². The van der Waals surface area contributed by atoms with Gasteiger partial charge in [0.25, 0.3) is 0 Å². The number of piperazine rings is 1. The van der Waals surface area contributed by atoms with E-state index in [1.807, 2.05) is 0 Å². The predicted octanol–water partition coefficient (Wildman–Crippen LogP) is 2.16. The summed E-state index contributed by atoms with van der Waals surface area (Å²) in [5.74, 6) is 0.792. The molecule has 2 aliphatic rings. The Bertz CT molecular complexity index is 375. The van der Waals surface area contributed by atoms with Gasteiger partial charge in [0.1, 0.15) is 6.04 Å². The summed E-state index contributed by atoms with van der Waals surface area (Å²) in [6.45, 7) is 3.70. The van der Waals surface area contributed by atoms with Gasteiger partial charge >= 0.3 is 6.18 Å². The molecule has 0 aromatic carbocycles. The number of alkyl halides is 3. The molecule has 2 N–H and O–H groups in total. The molecule has 7 heteroatoms. The second-order valence-corrected chi connectivity index (χ2v) is 6.98. The number of rotatable bonds is 5. The van der Waals surface area contributed by atoms with Crippen LogP contribution in [0, 0.1) is 11.8 Å². The standard InChI is InChI=1S/C16H28F3N3O/c1-12-2-4-13(5-3-12)10-15(23)21-11-14(16(17,18)19)22-8-6-20-7-9-22/h12-14,20H,2-11H2,1H3,(H,21,23). The molecule has 23 heavy (non-hydrogen) atoms. The monoisotopic (exact) mass is 335 g/mol. The maximum absolute atomic E-state index is 13.2. The van der Waals surface area contributed by atoms with Gasteiger partial charge in [-0.1, -0.05) is 19.8 Å². The summed E-state index contributed by atoms with van der Waals surface area (Å²) in [6, 6.07) is -1.58. The second-order valence-electron chi connectivity index (χ2n) is 6.98. The van der Waals surface area contributed by atoms with Crippen molar-refractivity contribution < 1.29 is 18.0 Å². The van der Waals surface area contributed by atoms with Gasteiger partial charge in [0, 0.05) is 39.1 Å². The highest BCUT2D eigenvalue weighted by Crippen LogP contribution is 2.30. The number of halogens is 3. The summed E-state index contributed by atoms with van der Waals surface area (Å²) in [5, 5.41) is 5.57. The molecule has 1 amide bonds. The summed E-state index contributed by atoms with van der Waals surface area (Å²) in [6.07, 6.45) is 0.293. The molecule has 134 valence electrons. The Kier molecular flexibility index (Phi) is 6.71. The minimum atomic E-state index is -4.31. The molecule has 1 saturated carbocycles. The zero-order valence-corrected chi connectivity index (χ0v) is 13.8. The lowest BCUT2D eigenvalue weighted by Gasteiger charge is -2.36. The molecule has 0 bridgehead atoms. The maximum Gasteiger partial charge on any atom is 0.405 e. The van der Waals surface area contributed by atoms with E-state index in [4.69, 9.17) is 0 Å². The van der Waals surface area contributed by atoms with Gasteiger partial charge < -0.3 is 10.6 Å². The number of nitrogens with one attached hydrogen (secondary N) is 2. The fourth-order valence-electron chi connectivity index (χ4n) is 3.52. The van der Waals surface area contributed by atoms with Crippen LogP contribution in [0.25, 0.3) is 0 Å². The van der Waals surface area contributed by atoms with Crippen molar-refractivity contribution in [1.82, 2.24) is 15.5 Å². The van der Waals surface area contributed by atoms with E-state index in [0.717, 1.165) is 25.7 Å². The van der Waals surface area contributed by atoms with Gasteiger partial charge in [0.2, 0.25) is 5.91 Å². The SMILES string of the molecule is CC1CCC(CC(=O)NCC(N2CCNCC2)C(F)(F)F)CC1. The van der Waals surface area contributed by atoms with Gasteiger partial charge in [-0.2, -0.15) is 13.2 Å². The lowest BCUT2D eigenvalue weighted by molar-refractivity contribution is -0.184. The summed E-state index contributed by atoms with van der Waals surface area (Å²) in [5.41, 5.74) is 0. The summed E-state index contributed by atoms with van der Waals surface area (Å²) in [4.78, 5) is 13.4. The molecule has 2 fully saturated rings. The Labute approximate surface area is 136 Å². The van der Waals surface area contributed by atoms with Crippen molar-refractivity contribution in [2.45, 2.75) is 51.2 Å². The van der Waals surface area contributed by atoms with Crippen LogP contribution in [0.15, 0.2) is 0 Å². The molecular formula is C16H28F3N3O. The van der Waals surface area contributed by atoms with Crippen LogP contribution in [0.1, 0.15) is 39.0 Å². The van der Waals surface area contributed by atoms with Crippen LogP contribution in [0.3, 0.4) is 0 Å². The molecule has 1 heterocycles. The fourth-order valence-corrected chi connectivity index (χ4v) is 3.52. The quantitative estimate of drug-likeness (QED) is 0.809. The first-order valence-corrected chi connectivity index (χ1v) is 8.64. The molecular weight excluding hydrogens is 307 g/mol. The molecule has 0 aromatic rings. The number of amides is 1. The lowest BCUT2D eigenvalue weighted by atomic mass is 9.81. The van der Waals surface area contributed by atoms with Crippen molar-refractivity contribution in [3.8, 4) is 0 Å². The number of carbonyl (C=O) groups is 1. The van der Waals surface area contributed by atoms with E-state index in [1.165, 1.54) is 4.90 Å². The smallest absolute Gasteiger partial charge is 0.354 e. The van der Waals surface area contributed by atoms with Crippen LogP contribution in [-0.4, -0.2) is 55.7 Å². The van der Waals surface area contributed by atoms with Gasteiger partial charge in [-0.3, -0.25) is 9.69 Å². The van der Waals surface area contributed by atoms with Crippen LogP contribution in [0.2, 0.25) is 0 Å². The van der Waals surface area contributed by atoms with Gasteiger partial charge in [-0.25, -0.2) is 0 Å². The van der Waals surface area contributed by atoms with Crippen molar-refractivity contribution in [3.63, 3.8) is 0 Å². The van der Waals surface area contributed by atoms with Crippen LogP contribution >= 0.6 is 0 Å². The highest BCUT2D eigenvalue weighted by atomic mass is 19.4. The van der Waals surface area contributed by atoms with Crippen molar-refractivity contribution in [3.05, 3.63) is 0 Å². The highest BCUT2D eigenvalue weighted by molar-refractivity contribution is 5.76. The van der Waals surface area contributed by atoms with Gasteiger partial charge in [0.15, 0.2) is 0 Å². The van der Waals surface area contributed by atoms with Crippen molar-refractivity contribution >= 4 is 5.91 Å². The molecule has 1 saturated heterocycles. The molecule has 4 nitrogen and oxygen atoms in total. The molecule has 1 unspecified atom stereocenters. The van der Waals surface area contributed by atoms with Crippen molar-refractivity contribution in [2.75, 3.05) is 32.7 Å². The Hall–Kier alpha value is -0.820. The number of carbonyl (C=O) groups excluding carboxylic acids is 1. The van der Waals surface area contributed by atoms with Gasteiger partial charge in [-0.05, 0) is 24.7 Å². The molecule has 0 radical (unpaired) electrons. The number of hydrogen-bond donors (Lipinski definition) is 2. The van der Waals surface area contributed by atoms with E-state index in [9.17, 15) is 18.0 Å². The van der Waals surface area contributed by atoms with Crippen LogP contribution in [-0.2, 0) is 4.79 Å². The van der Waals surface area contributed by atoms with Crippen molar-refractivity contribution in [2.24, 2.45) is 11.8 Å². The lowest BCUT2D eigenvalue weighted by Crippen LogP contribution is -2.57. The van der Waals surface area contributed by atoms with E-state index >= 15 is 0 Å². The van der Waals surface area contributed by atoms with Crippen LogP contribution < -0.4 is 10.6 Å². The largest absolute Gasteiger partial charge is 0.405 e. The number of hydrogen-bond acceptors (Lipinski definition) is 3. The van der Waals surface area contributed by atoms with Crippen LogP contribution in [0.5, 0.6) is 0 Å². The first kappa shape index (κ1) is 18.5. The first-order valence-electron chi connectivity index (χ1n) is 8.64. The third-order valence-electron chi connectivity index (χ3n) is 5.07. The average molecular weight is 335 g/mol. The third kappa shape index (κ3) is 5.95. The van der Waals surface area contributed by atoms with E-state index in [1.54, 1.807) is 0 Å². The third-order valence-corrected chi connectivity index (χ3v) is 5.07. The van der Waals surface area contributed by atoms with E-state index < -0.39 is 12.2 Å². The normalized spacial score (nSPS) is 28.3. The number of nitrogens with zero attached hydrogens (tertiary/aromatic N) is 1. The van der Waals surface area contributed by atoms with Gasteiger partial charge in [0.05, 0.1) is 0 Å². The van der Waals surface area contributed by atoms with Crippen LogP contribution in [0.4, 0.5) is 13.2 Å². The van der Waals surface area contributed by atoms with Crippen molar-refractivity contribution in [1.29, 1.82) is 0 Å². The Morgan fingerprint density at radius 3 is 2.39 bits per heavy atom. The minimum Gasteiger partial charge on any atom is -0.354 e. The zero-order valence-electron chi connectivity index (χ0n) is 13.8. The van der Waals surface area contributed by atoms with E-state index in [2.05, 4.69) is 17.6 Å². The predicted molar refractivity (Wildman–Crippen MR) is 83.0 cm³/mol. The fraction of sp³-hybridized carbons (Fsp3) is 0.938. The molecule has 0 spiro atoms. The Morgan fingerprint density at radius 1 is 1.22 bits per heavy atom. The average Bonchev–Trinajstić information content (AvgIpc) is 2.49. The Morgan fingerprint density at radius 2 is 1.83 bits per heavy atom. The zero-order chi connectivity index (χ0) is 16.9. The Balaban J connectivity index is 1.79. The van der Waals surface area contributed by atoms with E-state index in [-0.39, 0.29) is 12.5 Å². The minimum absolute atomic E-state index is 0.242. The topological polar surface area (TPSA) is 44.4 Å². The molecule has 1 aliphatic carbocycles. The maximum atomic E-state index is 13.2. The summed E-state index contributed by atoms with van der Waals surface area (Å²) < 4.78 is 39.7. The molecule has 0 aromatic heterocycles. The molecule has 1 atom stereocenters.